The third kappa shape index (κ3) is 3.69. The Morgan fingerprint density at radius 3 is 2.21 bits per heavy atom. The van der Waals surface area contributed by atoms with Crippen LogP contribution in [-0.2, 0) is 0 Å². The van der Waals surface area contributed by atoms with E-state index in [2.05, 4.69) is 21.2 Å². The molecule has 0 aliphatic carbocycles. The highest BCUT2D eigenvalue weighted by molar-refractivity contribution is 9.10. The molecule has 0 aliphatic heterocycles. The van der Waals surface area contributed by atoms with Gasteiger partial charge in [0.05, 0.1) is 16.6 Å². The zero-order chi connectivity index (χ0) is 16.9. The quantitative estimate of drug-likeness (QED) is 0.605. The van der Waals surface area contributed by atoms with Crippen molar-refractivity contribution in [3.05, 3.63) is 105 Å². The largest absolute Gasteiger partial charge is 0.341 e. The van der Waals surface area contributed by atoms with Crippen LogP contribution in [0.5, 0.6) is 0 Å². The van der Waals surface area contributed by atoms with E-state index in [9.17, 15) is 4.79 Å². The lowest BCUT2D eigenvalue weighted by Gasteiger charge is -2.21. The van der Waals surface area contributed by atoms with Crippen LogP contribution in [0.1, 0.15) is 27.5 Å². The van der Waals surface area contributed by atoms with Gasteiger partial charge in [-0.15, -0.1) is 0 Å². The summed E-state index contributed by atoms with van der Waals surface area (Å²) < 4.78 is 0.943. The highest BCUT2D eigenvalue weighted by atomic mass is 79.9. The summed E-state index contributed by atoms with van der Waals surface area (Å²) >= 11 is 9.73. The van der Waals surface area contributed by atoms with Crippen LogP contribution in [0.2, 0.25) is 5.02 Å². The Labute approximate surface area is 154 Å². The highest BCUT2D eigenvalue weighted by Gasteiger charge is 2.20. The molecule has 0 radical (unpaired) electrons. The Bertz CT molecular complexity index is 851. The summed E-state index contributed by atoms with van der Waals surface area (Å²) in [6, 6.07) is 24.5. The van der Waals surface area contributed by atoms with Gasteiger partial charge in [0.2, 0.25) is 0 Å². The summed E-state index contributed by atoms with van der Waals surface area (Å²) in [4.78, 5) is 12.7. The molecule has 0 bridgehead atoms. The van der Waals surface area contributed by atoms with Crippen LogP contribution in [-0.4, -0.2) is 5.91 Å². The zero-order valence-corrected chi connectivity index (χ0v) is 15.1. The van der Waals surface area contributed by atoms with Crippen LogP contribution in [0.25, 0.3) is 0 Å². The van der Waals surface area contributed by atoms with Gasteiger partial charge in [-0.3, -0.25) is 4.79 Å². The first-order valence-electron chi connectivity index (χ1n) is 7.51. The molecule has 24 heavy (non-hydrogen) atoms. The smallest absolute Gasteiger partial charge is 0.253 e. The summed E-state index contributed by atoms with van der Waals surface area (Å²) in [6.07, 6.45) is 0. The fraction of sp³-hybridized carbons (Fsp3) is 0.0500. The van der Waals surface area contributed by atoms with Gasteiger partial charge < -0.3 is 5.32 Å². The second-order valence-corrected chi connectivity index (χ2v) is 6.58. The molecular formula is C20H15BrClNO. The normalized spacial score (nSPS) is 11.8. The minimum Gasteiger partial charge on any atom is -0.341 e. The molecule has 0 spiro atoms. The Morgan fingerprint density at radius 1 is 0.875 bits per heavy atom. The molecule has 120 valence electrons. The number of halogens is 2. The summed E-state index contributed by atoms with van der Waals surface area (Å²) in [7, 11) is 0. The van der Waals surface area contributed by atoms with Gasteiger partial charge in [0.25, 0.3) is 5.91 Å². The summed E-state index contributed by atoms with van der Waals surface area (Å²) in [5, 5.41) is 3.53. The fourth-order valence-electron chi connectivity index (χ4n) is 2.55. The van der Waals surface area contributed by atoms with Gasteiger partial charge in [-0.05, 0) is 29.3 Å². The topological polar surface area (TPSA) is 29.1 Å². The number of rotatable bonds is 4. The summed E-state index contributed by atoms with van der Waals surface area (Å²) in [6.45, 7) is 0. The molecule has 4 heteroatoms. The third-order valence-electron chi connectivity index (χ3n) is 3.74. The number of hydrogen-bond acceptors (Lipinski definition) is 1. The van der Waals surface area contributed by atoms with Gasteiger partial charge in [0.1, 0.15) is 0 Å². The summed E-state index contributed by atoms with van der Waals surface area (Å²) in [5.74, 6) is -0.204. The van der Waals surface area contributed by atoms with Crippen molar-refractivity contribution >= 4 is 33.4 Å². The lowest BCUT2D eigenvalue weighted by atomic mass is 9.98. The standard InChI is InChI=1S/C20H15BrClNO/c21-17-12-6-4-10-15(17)19(14-8-2-1-3-9-14)23-20(24)16-11-5-7-13-18(16)22/h1-13,19H,(H,23,24)/t19-/m0/s1. The fourth-order valence-corrected chi connectivity index (χ4v) is 3.28. The van der Waals surface area contributed by atoms with Crippen molar-refractivity contribution in [2.24, 2.45) is 0 Å². The molecule has 1 N–H and O–H groups in total. The molecule has 2 nitrogen and oxygen atoms in total. The molecule has 1 atom stereocenters. The van der Waals surface area contributed by atoms with Crippen LogP contribution in [0.15, 0.2) is 83.3 Å². The molecule has 3 aromatic rings. The molecule has 0 aromatic heterocycles. The second-order valence-electron chi connectivity index (χ2n) is 5.32. The van der Waals surface area contributed by atoms with E-state index in [-0.39, 0.29) is 11.9 Å². The average Bonchev–Trinajstić information content (AvgIpc) is 2.61. The predicted octanol–water partition coefficient (Wildman–Crippen LogP) is 5.62. The molecule has 3 rings (SSSR count). The monoisotopic (exact) mass is 399 g/mol. The Kier molecular flexibility index (Phi) is 5.34. The van der Waals surface area contributed by atoms with Gasteiger partial charge in [0.15, 0.2) is 0 Å². The highest BCUT2D eigenvalue weighted by Crippen LogP contribution is 2.29. The lowest BCUT2D eigenvalue weighted by molar-refractivity contribution is 0.0943. The van der Waals surface area contributed by atoms with E-state index < -0.39 is 0 Å². The van der Waals surface area contributed by atoms with Crippen molar-refractivity contribution in [2.75, 3.05) is 0 Å². The molecule has 0 fully saturated rings. The van der Waals surface area contributed by atoms with Gasteiger partial charge in [-0.25, -0.2) is 0 Å². The first kappa shape index (κ1) is 16.7. The first-order valence-corrected chi connectivity index (χ1v) is 8.68. The number of amides is 1. The predicted molar refractivity (Wildman–Crippen MR) is 101 cm³/mol. The van der Waals surface area contributed by atoms with Crippen molar-refractivity contribution in [3.63, 3.8) is 0 Å². The van der Waals surface area contributed by atoms with Crippen LogP contribution < -0.4 is 5.32 Å². The Hall–Kier alpha value is -2.10. The lowest BCUT2D eigenvalue weighted by Crippen LogP contribution is -2.29. The van der Waals surface area contributed by atoms with E-state index in [4.69, 9.17) is 11.6 Å². The SMILES string of the molecule is O=C(N[C@@H](c1ccccc1)c1ccccc1Br)c1ccccc1Cl. The van der Waals surface area contributed by atoms with Gasteiger partial charge in [-0.1, -0.05) is 88.2 Å². The van der Waals surface area contributed by atoms with E-state index in [0.29, 0.717) is 10.6 Å². The summed E-state index contributed by atoms with van der Waals surface area (Å²) in [5.41, 5.74) is 2.46. The van der Waals surface area contributed by atoms with Gasteiger partial charge in [-0.2, -0.15) is 0 Å². The minimum absolute atomic E-state index is 0.204. The van der Waals surface area contributed by atoms with Crippen LogP contribution in [0.3, 0.4) is 0 Å². The van der Waals surface area contributed by atoms with E-state index in [0.717, 1.165) is 15.6 Å². The number of nitrogens with one attached hydrogen (secondary N) is 1. The minimum atomic E-state index is -0.273. The van der Waals surface area contributed by atoms with Crippen molar-refractivity contribution in [1.82, 2.24) is 5.32 Å². The third-order valence-corrected chi connectivity index (χ3v) is 4.79. The number of benzene rings is 3. The molecule has 0 aliphatic rings. The molecule has 0 heterocycles. The second kappa shape index (κ2) is 7.65. The van der Waals surface area contributed by atoms with Gasteiger partial charge in [0, 0.05) is 4.47 Å². The molecule has 3 aromatic carbocycles. The van der Waals surface area contributed by atoms with E-state index in [1.54, 1.807) is 18.2 Å². The van der Waals surface area contributed by atoms with Crippen molar-refractivity contribution in [2.45, 2.75) is 6.04 Å². The maximum Gasteiger partial charge on any atom is 0.253 e. The molecule has 0 unspecified atom stereocenters. The average molecular weight is 401 g/mol. The van der Waals surface area contributed by atoms with Crippen LogP contribution >= 0.6 is 27.5 Å². The zero-order valence-electron chi connectivity index (χ0n) is 12.7. The number of carbonyl (C=O) groups excluding carboxylic acids is 1. The molecule has 0 saturated carbocycles. The molecule has 0 saturated heterocycles. The van der Waals surface area contributed by atoms with E-state index in [1.165, 1.54) is 0 Å². The number of hydrogen-bond donors (Lipinski definition) is 1. The Balaban J connectivity index is 1.99. The van der Waals surface area contributed by atoms with Crippen molar-refractivity contribution < 1.29 is 4.79 Å². The van der Waals surface area contributed by atoms with E-state index in [1.807, 2.05) is 60.7 Å². The molecule has 1 amide bonds. The maximum atomic E-state index is 12.7. The van der Waals surface area contributed by atoms with E-state index >= 15 is 0 Å². The first-order chi connectivity index (χ1) is 11.7. The van der Waals surface area contributed by atoms with Crippen LogP contribution in [0, 0.1) is 0 Å². The van der Waals surface area contributed by atoms with Crippen molar-refractivity contribution in [1.29, 1.82) is 0 Å². The maximum absolute atomic E-state index is 12.7. The Morgan fingerprint density at radius 2 is 1.50 bits per heavy atom. The van der Waals surface area contributed by atoms with Crippen LogP contribution in [0.4, 0.5) is 0 Å². The molecular weight excluding hydrogens is 386 g/mol. The number of carbonyl (C=O) groups is 1. The van der Waals surface area contributed by atoms with Crippen molar-refractivity contribution in [3.8, 4) is 0 Å². The van der Waals surface area contributed by atoms with Gasteiger partial charge >= 0.3 is 0 Å².